The summed E-state index contributed by atoms with van der Waals surface area (Å²) in [5.41, 5.74) is 3.15. The maximum Gasteiger partial charge on any atom is 0.123 e. The van der Waals surface area contributed by atoms with Gasteiger partial charge in [0.15, 0.2) is 0 Å². The minimum absolute atomic E-state index is 0.187. The molecule has 2 rings (SSSR count). The van der Waals surface area contributed by atoms with E-state index in [2.05, 4.69) is 58.8 Å². The van der Waals surface area contributed by atoms with E-state index in [4.69, 9.17) is 0 Å². The van der Waals surface area contributed by atoms with Crippen molar-refractivity contribution in [1.82, 2.24) is 0 Å². The minimum atomic E-state index is -0.667. The normalized spacial score (nSPS) is 18.7. The Labute approximate surface area is 184 Å². The SMILES string of the molecule is CC(C)C.CC(C)F.CCCC(C)CC(C)CC1Cc2ccc(F)cc2/C1=N/S. The maximum absolute atomic E-state index is 13.4. The number of hydrogen-bond acceptors (Lipinski definition) is 2. The summed E-state index contributed by atoms with van der Waals surface area (Å²) < 4.78 is 28.6. The first-order chi connectivity index (χ1) is 13.5. The predicted octanol–water partition coefficient (Wildman–Crippen LogP) is 8.51. The van der Waals surface area contributed by atoms with Gasteiger partial charge >= 0.3 is 0 Å². The first-order valence-electron chi connectivity index (χ1n) is 11.2. The van der Waals surface area contributed by atoms with Gasteiger partial charge in [-0.1, -0.05) is 60.5 Å². The number of thiol groups is 1. The van der Waals surface area contributed by atoms with Gasteiger partial charge in [0.05, 0.1) is 11.9 Å². The van der Waals surface area contributed by atoms with Crippen molar-refractivity contribution in [2.75, 3.05) is 0 Å². The van der Waals surface area contributed by atoms with Gasteiger partial charge < -0.3 is 0 Å². The van der Waals surface area contributed by atoms with Gasteiger partial charge in [-0.15, -0.1) is 0 Å². The number of benzene rings is 1. The Morgan fingerprint density at radius 2 is 1.62 bits per heavy atom. The summed E-state index contributed by atoms with van der Waals surface area (Å²) in [6.07, 6.45) is 5.24. The Morgan fingerprint density at radius 1 is 1.07 bits per heavy atom. The molecule has 29 heavy (non-hydrogen) atoms. The zero-order valence-electron chi connectivity index (χ0n) is 19.8. The molecular weight excluding hydrogens is 384 g/mol. The molecule has 0 amide bonds. The van der Waals surface area contributed by atoms with Gasteiger partial charge in [-0.05, 0) is 81.4 Å². The van der Waals surface area contributed by atoms with E-state index in [9.17, 15) is 8.78 Å². The van der Waals surface area contributed by atoms with Gasteiger partial charge in [0.25, 0.3) is 0 Å². The van der Waals surface area contributed by atoms with Crippen molar-refractivity contribution in [3.05, 3.63) is 35.1 Å². The predicted molar refractivity (Wildman–Crippen MR) is 128 cm³/mol. The highest BCUT2D eigenvalue weighted by Crippen LogP contribution is 2.34. The second-order valence-electron chi connectivity index (χ2n) is 9.40. The molecule has 0 heterocycles. The zero-order valence-corrected chi connectivity index (χ0v) is 20.7. The fourth-order valence-corrected chi connectivity index (χ4v) is 4.03. The van der Waals surface area contributed by atoms with E-state index >= 15 is 0 Å². The molecule has 1 aliphatic rings. The third kappa shape index (κ3) is 12.4. The van der Waals surface area contributed by atoms with E-state index in [0.717, 1.165) is 36.0 Å². The zero-order chi connectivity index (χ0) is 22.6. The van der Waals surface area contributed by atoms with Crippen LogP contribution >= 0.6 is 12.8 Å². The molecule has 1 aliphatic carbocycles. The molecule has 0 spiro atoms. The molecule has 1 aromatic rings. The Bertz CT molecular complexity index is 587. The van der Waals surface area contributed by atoms with E-state index in [1.807, 2.05) is 6.07 Å². The number of fused-ring (bicyclic) bond motifs is 1. The molecule has 1 nitrogen and oxygen atoms in total. The van der Waals surface area contributed by atoms with Crippen LogP contribution in [0.2, 0.25) is 0 Å². The van der Waals surface area contributed by atoms with Gasteiger partial charge in [-0.25, -0.2) is 13.2 Å². The molecule has 1 aromatic carbocycles. The first kappa shape index (κ1) is 28.1. The minimum Gasteiger partial charge on any atom is -0.248 e. The molecule has 0 bridgehead atoms. The van der Waals surface area contributed by atoms with Crippen molar-refractivity contribution in [1.29, 1.82) is 0 Å². The van der Waals surface area contributed by atoms with E-state index in [-0.39, 0.29) is 5.82 Å². The van der Waals surface area contributed by atoms with Crippen molar-refractivity contribution in [2.45, 2.75) is 93.7 Å². The average molecular weight is 428 g/mol. The quantitative estimate of drug-likeness (QED) is 0.437. The molecule has 3 atom stereocenters. The molecule has 0 fully saturated rings. The van der Waals surface area contributed by atoms with Crippen LogP contribution in [0, 0.1) is 29.5 Å². The van der Waals surface area contributed by atoms with Crippen LogP contribution in [0.3, 0.4) is 0 Å². The summed E-state index contributed by atoms with van der Waals surface area (Å²) >= 11 is 4.13. The topological polar surface area (TPSA) is 12.4 Å². The molecule has 0 aromatic heterocycles. The van der Waals surface area contributed by atoms with Crippen molar-refractivity contribution in [3.8, 4) is 0 Å². The van der Waals surface area contributed by atoms with Crippen LogP contribution < -0.4 is 0 Å². The highest BCUT2D eigenvalue weighted by molar-refractivity contribution is 7.79. The molecule has 168 valence electrons. The summed E-state index contributed by atoms with van der Waals surface area (Å²) in [6.45, 7) is 16.4. The van der Waals surface area contributed by atoms with Crippen LogP contribution in [-0.2, 0) is 6.42 Å². The first-order valence-corrected chi connectivity index (χ1v) is 11.6. The Balaban J connectivity index is 0.000000837. The van der Waals surface area contributed by atoms with Gasteiger partial charge in [-0.2, -0.15) is 0 Å². The van der Waals surface area contributed by atoms with Crippen molar-refractivity contribution in [3.63, 3.8) is 0 Å². The Morgan fingerprint density at radius 3 is 2.10 bits per heavy atom. The second kappa shape index (κ2) is 15.0. The molecule has 3 unspecified atom stereocenters. The molecule has 0 saturated carbocycles. The van der Waals surface area contributed by atoms with Gasteiger partial charge in [0.2, 0.25) is 0 Å². The maximum atomic E-state index is 13.4. The van der Waals surface area contributed by atoms with Gasteiger partial charge in [0, 0.05) is 11.5 Å². The van der Waals surface area contributed by atoms with Crippen LogP contribution in [0.1, 0.15) is 92.2 Å². The number of alkyl halides is 1. The van der Waals surface area contributed by atoms with Gasteiger partial charge in [-0.3, -0.25) is 0 Å². The average Bonchev–Trinajstić information content (AvgIpc) is 2.89. The third-order valence-corrected chi connectivity index (χ3v) is 4.80. The molecule has 0 aliphatic heterocycles. The lowest BCUT2D eigenvalue weighted by Crippen LogP contribution is -2.15. The smallest absolute Gasteiger partial charge is 0.123 e. The standard InChI is InChI=1S/C18H26FNS.C4H10.C3H7F/c1-4-5-12(2)8-13(3)9-15-10-14-6-7-16(19)11-17(14)18(15)20-21;1-4(2)3;1-3(2)4/h6-7,11-13,15,21H,4-5,8-10H2,1-3H3;4H,1-3H3;3H,1-2H3/b20-18+;;. The van der Waals surface area contributed by atoms with Crippen LogP contribution in [-0.4, -0.2) is 11.9 Å². The number of halogens is 2. The van der Waals surface area contributed by atoms with Crippen LogP contribution in [0.4, 0.5) is 8.78 Å². The number of hydrogen-bond donors (Lipinski definition) is 1. The highest BCUT2D eigenvalue weighted by Gasteiger charge is 2.30. The van der Waals surface area contributed by atoms with E-state index in [0.29, 0.717) is 11.8 Å². The lowest BCUT2D eigenvalue weighted by Gasteiger charge is -2.20. The second-order valence-corrected chi connectivity index (χ2v) is 9.60. The van der Waals surface area contributed by atoms with E-state index < -0.39 is 6.17 Å². The molecule has 0 saturated heterocycles. The highest BCUT2D eigenvalue weighted by atomic mass is 32.1. The van der Waals surface area contributed by atoms with Crippen molar-refractivity contribution < 1.29 is 8.78 Å². The van der Waals surface area contributed by atoms with Crippen molar-refractivity contribution in [2.24, 2.45) is 28.1 Å². The summed E-state index contributed by atoms with van der Waals surface area (Å²) in [7, 11) is 0. The fourth-order valence-electron chi connectivity index (χ4n) is 3.76. The molecule has 0 radical (unpaired) electrons. The van der Waals surface area contributed by atoms with E-state index in [1.165, 1.54) is 38.7 Å². The lowest BCUT2D eigenvalue weighted by molar-refractivity contribution is 0.354. The summed E-state index contributed by atoms with van der Waals surface area (Å²) in [5, 5.41) is 0. The summed E-state index contributed by atoms with van der Waals surface area (Å²) in [6, 6.07) is 5.05. The summed E-state index contributed by atoms with van der Waals surface area (Å²) in [5.74, 6) is 2.49. The molecule has 4 heteroatoms. The molecular formula is C25H43F2NS. The van der Waals surface area contributed by atoms with Crippen molar-refractivity contribution >= 4 is 18.5 Å². The van der Waals surface area contributed by atoms with Crippen LogP contribution in [0.15, 0.2) is 22.6 Å². The fraction of sp³-hybridized carbons (Fsp3) is 0.720. The Hall–Kier alpha value is -0.900. The third-order valence-electron chi connectivity index (χ3n) is 4.58. The van der Waals surface area contributed by atoms with E-state index in [1.54, 1.807) is 12.1 Å². The lowest BCUT2D eigenvalue weighted by atomic mass is 9.85. The molecule has 0 N–H and O–H groups in total. The largest absolute Gasteiger partial charge is 0.248 e. The van der Waals surface area contributed by atoms with Gasteiger partial charge in [0.1, 0.15) is 5.82 Å². The number of rotatable bonds is 6. The Kier molecular flexibility index (Phi) is 14.5. The number of nitrogens with zero attached hydrogens (tertiary/aromatic N) is 1. The van der Waals surface area contributed by atoms with Crippen LogP contribution in [0.5, 0.6) is 0 Å². The van der Waals surface area contributed by atoms with Crippen LogP contribution in [0.25, 0.3) is 0 Å². The monoisotopic (exact) mass is 427 g/mol. The summed E-state index contributed by atoms with van der Waals surface area (Å²) in [4.78, 5) is 0.